The van der Waals surface area contributed by atoms with Crippen LogP contribution in [0.2, 0.25) is 0 Å². The van der Waals surface area contributed by atoms with Crippen molar-refractivity contribution in [1.82, 2.24) is 9.79 Å². The van der Waals surface area contributed by atoms with Crippen LogP contribution in [0.15, 0.2) is 24.3 Å². The first-order chi connectivity index (χ1) is 14.4. The van der Waals surface area contributed by atoms with Crippen molar-refractivity contribution in [3.05, 3.63) is 29.8 Å². The van der Waals surface area contributed by atoms with Crippen molar-refractivity contribution in [3.63, 3.8) is 0 Å². The second kappa shape index (κ2) is 11.5. The molecule has 1 aromatic rings. The van der Waals surface area contributed by atoms with E-state index in [4.69, 9.17) is 4.74 Å². The topological polar surface area (TPSA) is 99.2 Å². The molecule has 10 heteroatoms. The Morgan fingerprint density at radius 2 is 1.84 bits per heavy atom. The van der Waals surface area contributed by atoms with Gasteiger partial charge >= 0.3 is 0 Å². The molecule has 2 aliphatic rings. The van der Waals surface area contributed by atoms with Crippen molar-refractivity contribution in [2.45, 2.75) is 50.2 Å². The predicted molar refractivity (Wildman–Crippen MR) is 122 cm³/mol. The number of hydrogen-bond acceptors (Lipinski definition) is 6. The number of rotatable bonds is 8. The van der Waals surface area contributed by atoms with Crippen LogP contribution in [0, 0.1) is 0 Å². The van der Waals surface area contributed by atoms with Crippen molar-refractivity contribution < 1.29 is 23.2 Å². The number of sulfonamides is 1. The summed E-state index contributed by atoms with van der Waals surface area (Å²) in [5.41, 5.74) is 3.98. The van der Waals surface area contributed by atoms with E-state index in [1.807, 2.05) is 0 Å². The van der Waals surface area contributed by atoms with Gasteiger partial charge in [-0.15, -0.1) is 12.4 Å². The van der Waals surface area contributed by atoms with Gasteiger partial charge in [0.1, 0.15) is 0 Å². The smallest absolute Gasteiger partial charge is 0.266 e. The van der Waals surface area contributed by atoms with Crippen LogP contribution in [0.4, 0.5) is 5.69 Å². The summed E-state index contributed by atoms with van der Waals surface area (Å²) in [6, 6.07) is 8.45. The minimum absolute atomic E-state index is 0. The van der Waals surface area contributed by atoms with Gasteiger partial charge in [-0.1, -0.05) is 31.9 Å². The number of piperazine rings is 1. The SMILES string of the molecule is CCCCCc1cccc(N2CCN(S(=O)(=O)C3(C(=O)NO)CCOCC3)CC2)c1.Cl. The Morgan fingerprint density at radius 3 is 2.45 bits per heavy atom. The quantitative estimate of drug-likeness (QED) is 0.340. The van der Waals surface area contributed by atoms with E-state index in [9.17, 15) is 18.4 Å². The molecule has 0 aromatic heterocycles. The van der Waals surface area contributed by atoms with Gasteiger partial charge < -0.3 is 9.64 Å². The first-order valence-electron chi connectivity index (χ1n) is 10.8. The van der Waals surface area contributed by atoms with E-state index in [1.165, 1.54) is 29.1 Å². The highest BCUT2D eigenvalue weighted by Gasteiger charge is 2.54. The highest BCUT2D eigenvalue weighted by molar-refractivity contribution is 7.91. The van der Waals surface area contributed by atoms with E-state index in [0.29, 0.717) is 26.2 Å². The molecular weight excluding hydrogens is 442 g/mol. The molecule has 2 saturated heterocycles. The number of aryl methyl sites for hydroxylation is 1. The zero-order valence-electron chi connectivity index (χ0n) is 18.1. The number of carbonyl (C=O) groups excluding carboxylic acids is 1. The van der Waals surface area contributed by atoms with Crippen LogP contribution in [0.1, 0.15) is 44.6 Å². The number of carbonyl (C=O) groups is 1. The molecule has 2 heterocycles. The summed E-state index contributed by atoms with van der Waals surface area (Å²) in [7, 11) is -3.93. The maximum absolute atomic E-state index is 13.4. The molecule has 0 unspecified atom stereocenters. The average molecular weight is 476 g/mol. The van der Waals surface area contributed by atoms with Gasteiger partial charge in [-0.3, -0.25) is 10.0 Å². The highest BCUT2D eigenvalue weighted by Crippen LogP contribution is 2.34. The van der Waals surface area contributed by atoms with Crippen molar-refractivity contribution >= 4 is 34.0 Å². The molecule has 0 bridgehead atoms. The van der Waals surface area contributed by atoms with Crippen molar-refractivity contribution in [2.24, 2.45) is 0 Å². The first kappa shape index (κ1) is 25.9. The molecule has 0 aliphatic carbocycles. The second-order valence-corrected chi connectivity index (χ2v) is 10.3. The summed E-state index contributed by atoms with van der Waals surface area (Å²) in [4.78, 5) is 14.6. The van der Waals surface area contributed by atoms with Crippen molar-refractivity contribution in [3.8, 4) is 0 Å². The predicted octanol–water partition coefficient (Wildman–Crippen LogP) is 2.35. The summed E-state index contributed by atoms with van der Waals surface area (Å²) >= 11 is 0. The van der Waals surface area contributed by atoms with Crippen LogP contribution in [0.3, 0.4) is 0 Å². The lowest BCUT2D eigenvalue weighted by atomic mass is 9.98. The Morgan fingerprint density at radius 1 is 1.16 bits per heavy atom. The van der Waals surface area contributed by atoms with Crippen molar-refractivity contribution in [2.75, 3.05) is 44.3 Å². The van der Waals surface area contributed by atoms with Gasteiger partial charge in [-0.25, -0.2) is 13.9 Å². The van der Waals surface area contributed by atoms with Gasteiger partial charge in [0.05, 0.1) is 0 Å². The van der Waals surface area contributed by atoms with Crippen LogP contribution in [-0.4, -0.2) is 68.0 Å². The molecule has 2 aliphatic heterocycles. The normalized spacial score (nSPS) is 19.5. The van der Waals surface area contributed by atoms with Crippen LogP contribution in [0.25, 0.3) is 0 Å². The lowest BCUT2D eigenvalue weighted by Crippen LogP contribution is -2.62. The number of unbranched alkanes of at least 4 members (excludes halogenated alkanes) is 2. The minimum Gasteiger partial charge on any atom is -0.381 e. The molecule has 8 nitrogen and oxygen atoms in total. The molecule has 0 radical (unpaired) electrons. The van der Waals surface area contributed by atoms with E-state index in [2.05, 4.69) is 36.1 Å². The molecule has 31 heavy (non-hydrogen) atoms. The Bertz CT molecular complexity index is 822. The molecule has 2 fully saturated rings. The molecule has 0 spiro atoms. The lowest BCUT2D eigenvalue weighted by molar-refractivity contribution is -0.134. The van der Waals surface area contributed by atoms with E-state index in [0.717, 1.165) is 12.1 Å². The van der Waals surface area contributed by atoms with Crippen LogP contribution >= 0.6 is 12.4 Å². The Hall–Kier alpha value is -1.39. The lowest BCUT2D eigenvalue weighted by Gasteiger charge is -2.42. The Kier molecular flexibility index (Phi) is 9.57. The molecule has 176 valence electrons. The third kappa shape index (κ3) is 5.51. The number of nitrogens with zero attached hydrogens (tertiary/aromatic N) is 2. The maximum atomic E-state index is 13.4. The van der Waals surface area contributed by atoms with E-state index >= 15 is 0 Å². The van der Waals surface area contributed by atoms with Crippen LogP contribution < -0.4 is 10.4 Å². The van der Waals surface area contributed by atoms with Gasteiger partial charge in [-0.2, -0.15) is 4.31 Å². The zero-order chi connectivity index (χ0) is 21.6. The molecule has 3 rings (SSSR count). The zero-order valence-corrected chi connectivity index (χ0v) is 19.7. The van der Waals surface area contributed by atoms with Gasteiger partial charge in [0.2, 0.25) is 10.0 Å². The fraction of sp³-hybridized carbons (Fsp3) is 0.667. The minimum atomic E-state index is -3.93. The Balaban J connectivity index is 0.00000341. The number of hydroxylamine groups is 1. The second-order valence-electron chi connectivity index (χ2n) is 8.07. The summed E-state index contributed by atoms with van der Waals surface area (Å²) in [6.07, 6.45) is 4.72. The molecule has 1 amide bonds. The number of amides is 1. The van der Waals surface area contributed by atoms with Gasteiger partial charge in [-0.05, 0) is 30.5 Å². The molecule has 0 saturated carbocycles. The van der Waals surface area contributed by atoms with E-state index < -0.39 is 20.7 Å². The number of halogens is 1. The van der Waals surface area contributed by atoms with Crippen LogP contribution in [0.5, 0.6) is 0 Å². The molecule has 1 aromatic carbocycles. The van der Waals surface area contributed by atoms with Crippen molar-refractivity contribution in [1.29, 1.82) is 0 Å². The number of ether oxygens (including phenoxy) is 1. The number of nitrogens with one attached hydrogen (secondary N) is 1. The monoisotopic (exact) mass is 475 g/mol. The largest absolute Gasteiger partial charge is 0.381 e. The Labute approximate surface area is 191 Å². The molecular formula is C21H34ClN3O5S. The third-order valence-corrected chi connectivity index (χ3v) is 8.86. The maximum Gasteiger partial charge on any atom is 0.266 e. The highest BCUT2D eigenvalue weighted by atomic mass is 35.5. The summed E-state index contributed by atoms with van der Waals surface area (Å²) < 4.78 is 31.8. The van der Waals surface area contributed by atoms with Gasteiger partial charge in [0.15, 0.2) is 4.75 Å². The fourth-order valence-corrected chi connectivity index (χ4v) is 6.43. The number of hydrogen-bond donors (Lipinski definition) is 2. The fourth-order valence-electron chi connectivity index (χ4n) is 4.33. The summed E-state index contributed by atoms with van der Waals surface area (Å²) in [6.45, 7) is 4.29. The molecule has 2 N–H and O–H groups in total. The number of benzene rings is 1. The number of anilines is 1. The van der Waals surface area contributed by atoms with Gasteiger partial charge in [0, 0.05) is 57.9 Å². The van der Waals surface area contributed by atoms with E-state index in [1.54, 1.807) is 5.48 Å². The standard InChI is InChI=1S/C21H33N3O5S.ClH/c1-2-3-4-6-18-7-5-8-19(17-18)23-11-13-24(14-12-23)30(27,28)21(20(25)22-26)9-15-29-16-10-21;/h5,7-8,17,26H,2-4,6,9-16H2,1H3,(H,22,25);1H. The van der Waals surface area contributed by atoms with Gasteiger partial charge in [0.25, 0.3) is 5.91 Å². The van der Waals surface area contributed by atoms with E-state index in [-0.39, 0.29) is 38.5 Å². The summed E-state index contributed by atoms with van der Waals surface area (Å²) in [5.74, 6) is -0.868. The first-order valence-corrected chi connectivity index (χ1v) is 12.2. The average Bonchev–Trinajstić information content (AvgIpc) is 2.79. The third-order valence-electron chi connectivity index (χ3n) is 6.23. The summed E-state index contributed by atoms with van der Waals surface area (Å²) in [5, 5.41) is 9.18. The molecule has 0 atom stereocenters. The van der Waals surface area contributed by atoms with Crippen LogP contribution in [-0.2, 0) is 26.0 Å².